The molecular formula is C15H28IN7O. The van der Waals surface area contributed by atoms with E-state index < -0.39 is 0 Å². The van der Waals surface area contributed by atoms with Gasteiger partial charge in [0.1, 0.15) is 18.7 Å². The van der Waals surface area contributed by atoms with Crippen LogP contribution in [0.25, 0.3) is 0 Å². The van der Waals surface area contributed by atoms with Crippen LogP contribution in [0.5, 0.6) is 0 Å². The van der Waals surface area contributed by atoms with Gasteiger partial charge in [0.15, 0.2) is 5.96 Å². The summed E-state index contributed by atoms with van der Waals surface area (Å²) in [5, 5.41) is 13.3. The van der Waals surface area contributed by atoms with Crippen molar-refractivity contribution in [1.29, 1.82) is 0 Å². The first kappa shape index (κ1) is 20.7. The first-order valence-corrected chi connectivity index (χ1v) is 8.33. The summed E-state index contributed by atoms with van der Waals surface area (Å²) < 4.78 is 1.68. The minimum atomic E-state index is 0. The van der Waals surface area contributed by atoms with Crippen LogP contribution in [0.1, 0.15) is 44.9 Å². The Morgan fingerprint density at radius 1 is 1.33 bits per heavy atom. The fourth-order valence-electron chi connectivity index (χ4n) is 2.64. The molecular weight excluding hydrogens is 421 g/mol. The number of halogens is 1. The van der Waals surface area contributed by atoms with E-state index in [0.717, 1.165) is 25.2 Å². The van der Waals surface area contributed by atoms with Gasteiger partial charge >= 0.3 is 0 Å². The van der Waals surface area contributed by atoms with Crippen LogP contribution in [0.3, 0.4) is 0 Å². The smallest absolute Gasteiger partial charge is 0.239 e. The lowest BCUT2D eigenvalue weighted by molar-refractivity contribution is -0.120. The molecule has 1 fully saturated rings. The molecule has 3 N–H and O–H groups in total. The lowest BCUT2D eigenvalue weighted by atomic mass is 9.95. The van der Waals surface area contributed by atoms with E-state index in [0.29, 0.717) is 18.5 Å². The number of amides is 1. The summed E-state index contributed by atoms with van der Waals surface area (Å²) in [5.41, 5.74) is 0. The van der Waals surface area contributed by atoms with Crippen molar-refractivity contribution in [2.24, 2.45) is 12.0 Å². The van der Waals surface area contributed by atoms with Crippen molar-refractivity contribution in [2.75, 3.05) is 13.1 Å². The zero-order valence-electron chi connectivity index (χ0n) is 14.4. The zero-order chi connectivity index (χ0) is 16.5. The Balaban J connectivity index is 0.00000288. The van der Waals surface area contributed by atoms with Gasteiger partial charge < -0.3 is 16.0 Å². The van der Waals surface area contributed by atoms with E-state index in [1.807, 2.05) is 14.0 Å². The molecule has 2 rings (SSSR count). The SMILES string of the molecule is CCNC(=NCc1ncnn1C)NCC(=O)NC1CCCCC1.I. The third-order valence-corrected chi connectivity index (χ3v) is 3.91. The third-order valence-electron chi connectivity index (χ3n) is 3.91. The van der Waals surface area contributed by atoms with Gasteiger partial charge in [-0.1, -0.05) is 19.3 Å². The first-order chi connectivity index (χ1) is 11.2. The van der Waals surface area contributed by atoms with Gasteiger partial charge in [-0.2, -0.15) is 5.10 Å². The van der Waals surface area contributed by atoms with Crippen LogP contribution < -0.4 is 16.0 Å². The third kappa shape index (κ3) is 7.02. The van der Waals surface area contributed by atoms with Crippen LogP contribution in [-0.2, 0) is 18.4 Å². The molecule has 0 unspecified atom stereocenters. The number of hydrogen-bond acceptors (Lipinski definition) is 4. The van der Waals surface area contributed by atoms with Crippen LogP contribution in [0, 0.1) is 0 Å². The number of aryl methyl sites for hydroxylation is 1. The summed E-state index contributed by atoms with van der Waals surface area (Å²) in [7, 11) is 1.83. The van der Waals surface area contributed by atoms with Crippen molar-refractivity contribution < 1.29 is 4.79 Å². The van der Waals surface area contributed by atoms with Crippen molar-refractivity contribution in [3.63, 3.8) is 0 Å². The monoisotopic (exact) mass is 449 g/mol. The molecule has 0 atom stereocenters. The van der Waals surface area contributed by atoms with Crippen molar-refractivity contribution in [3.05, 3.63) is 12.2 Å². The Kier molecular flexibility index (Phi) is 9.65. The quantitative estimate of drug-likeness (QED) is 0.341. The number of nitrogens with one attached hydrogen (secondary N) is 3. The summed E-state index contributed by atoms with van der Waals surface area (Å²) in [6.07, 6.45) is 7.38. The fourth-order valence-corrected chi connectivity index (χ4v) is 2.64. The molecule has 8 nitrogen and oxygen atoms in total. The van der Waals surface area contributed by atoms with Gasteiger partial charge in [-0.25, -0.2) is 9.98 Å². The molecule has 0 bridgehead atoms. The summed E-state index contributed by atoms with van der Waals surface area (Å²) in [4.78, 5) is 20.6. The molecule has 0 saturated heterocycles. The Labute approximate surface area is 160 Å². The largest absolute Gasteiger partial charge is 0.357 e. The van der Waals surface area contributed by atoms with Crippen molar-refractivity contribution in [3.8, 4) is 0 Å². The maximum atomic E-state index is 12.0. The van der Waals surface area contributed by atoms with Gasteiger partial charge in [-0.3, -0.25) is 9.48 Å². The first-order valence-electron chi connectivity index (χ1n) is 8.33. The van der Waals surface area contributed by atoms with Gasteiger partial charge in [-0.15, -0.1) is 24.0 Å². The van der Waals surface area contributed by atoms with Gasteiger partial charge in [-0.05, 0) is 19.8 Å². The molecule has 1 aliphatic rings. The second-order valence-corrected chi connectivity index (χ2v) is 5.75. The predicted octanol–water partition coefficient (Wildman–Crippen LogP) is 0.937. The maximum Gasteiger partial charge on any atom is 0.239 e. The summed E-state index contributed by atoms with van der Waals surface area (Å²) in [6, 6.07) is 0.330. The average molecular weight is 449 g/mol. The van der Waals surface area contributed by atoms with Gasteiger partial charge in [0.2, 0.25) is 5.91 Å². The van der Waals surface area contributed by atoms with E-state index in [9.17, 15) is 4.79 Å². The Bertz CT molecular complexity index is 526. The molecule has 1 saturated carbocycles. The standard InChI is InChI=1S/C15H27N7O.HI/c1-3-16-15(17-9-13-19-11-20-22(13)2)18-10-14(23)21-12-7-5-4-6-8-12;/h11-12H,3-10H2,1-2H3,(H,21,23)(H2,16,17,18);1H. The molecule has 0 radical (unpaired) electrons. The molecule has 1 aromatic rings. The molecule has 24 heavy (non-hydrogen) atoms. The van der Waals surface area contributed by atoms with E-state index in [2.05, 4.69) is 31.0 Å². The van der Waals surface area contributed by atoms with Gasteiger partial charge in [0.05, 0.1) is 6.54 Å². The highest BCUT2D eigenvalue weighted by atomic mass is 127. The van der Waals surface area contributed by atoms with E-state index >= 15 is 0 Å². The maximum absolute atomic E-state index is 12.0. The van der Waals surface area contributed by atoms with Crippen LogP contribution in [-0.4, -0.2) is 45.8 Å². The van der Waals surface area contributed by atoms with Crippen molar-refractivity contribution >= 4 is 35.8 Å². The molecule has 1 amide bonds. The van der Waals surface area contributed by atoms with E-state index in [4.69, 9.17) is 0 Å². The van der Waals surface area contributed by atoms with E-state index in [-0.39, 0.29) is 36.4 Å². The fraction of sp³-hybridized carbons (Fsp3) is 0.733. The van der Waals surface area contributed by atoms with Crippen LogP contribution in [0.2, 0.25) is 0 Å². The van der Waals surface area contributed by atoms with E-state index in [1.54, 1.807) is 4.68 Å². The van der Waals surface area contributed by atoms with Gasteiger partial charge in [0, 0.05) is 19.6 Å². The minimum Gasteiger partial charge on any atom is -0.357 e. The molecule has 1 aliphatic carbocycles. The minimum absolute atomic E-state index is 0. The van der Waals surface area contributed by atoms with Crippen LogP contribution >= 0.6 is 24.0 Å². The van der Waals surface area contributed by atoms with Crippen LogP contribution in [0.15, 0.2) is 11.3 Å². The van der Waals surface area contributed by atoms with Gasteiger partial charge in [0.25, 0.3) is 0 Å². The molecule has 0 spiro atoms. The number of hydrogen-bond donors (Lipinski definition) is 3. The van der Waals surface area contributed by atoms with E-state index in [1.165, 1.54) is 25.6 Å². The number of carbonyl (C=O) groups excluding carboxylic acids is 1. The number of aromatic nitrogens is 3. The Morgan fingerprint density at radius 3 is 2.71 bits per heavy atom. The number of aliphatic imine (C=N–C) groups is 1. The molecule has 9 heteroatoms. The molecule has 1 aromatic heterocycles. The number of carbonyl (C=O) groups is 1. The average Bonchev–Trinajstić information content (AvgIpc) is 2.96. The number of nitrogens with zero attached hydrogens (tertiary/aromatic N) is 4. The Hall–Kier alpha value is -1.39. The summed E-state index contributed by atoms with van der Waals surface area (Å²) >= 11 is 0. The lowest BCUT2D eigenvalue weighted by Crippen LogP contribution is -2.46. The lowest BCUT2D eigenvalue weighted by Gasteiger charge is -2.23. The van der Waals surface area contributed by atoms with Crippen LogP contribution in [0.4, 0.5) is 0 Å². The molecule has 0 aromatic carbocycles. The highest BCUT2D eigenvalue weighted by molar-refractivity contribution is 14.0. The van der Waals surface area contributed by atoms with Crippen molar-refractivity contribution in [2.45, 2.75) is 51.6 Å². The topological polar surface area (TPSA) is 96.2 Å². The molecule has 0 aliphatic heterocycles. The molecule has 136 valence electrons. The van der Waals surface area contributed by atoms with Crippen molar-refractivity contribution in [1.82, 2.24) is 30.7 Å². The summed E-state index contributed by atoms with van der Waals surface area (Å²) in [5.74, 6) is 1.39. The second-order valence-electron chi connectivity index (χ2n) is 5.75. The zero-order valence-corrected chi connectivity index (χ0v) is 16.7. The highest BCUT2D eigenvalue weighted by Gasteiger charge is 2.15. The number of guanidine groups is 1. The molecule has 1 heterocycles. The highest BCUT2D eigenvalue weighted by Crippen LogP contribution is 2.16. The Morgan fingerprint density at radius 2 is 2.08 bits per heavy atom. The predicted molar refractivity (Wildman–Crippen MR) is 104 cm³/mol. The second kappa shape index (κ2) is 11.2. The summed E-state index contributed by atoms with van der Waals surface area (Å²) in [6.45, 7) is 3.35. The number of rotatable bonds is 6. The normalized spacial score (nSPS) is 15.5.